The fourth-order valence-electron chi connectivity index (χ4n) is 2.26. The van der Waals surface area contributed by atoms with Crippen molar-refractivity contribution in [2.45, 2.75) is 39.3 Å². The van der Waals surface area contributed by atoms with Crippen molar-refractivity contribution in [3.63, 3.8) is 0 Å². The van der Waals surface area contributed by atoms with Gasteiger partial charge in [-0.3, -0.25) is 4.90 Å². The molecule has 0 amide bonds. The second-order valence-electron chi connectivity index (χ2n) is 4.49. The van der Waals surface area contributed by atoms with Crippen LogP contribution in [0.4, 0.5) is 0 Å². The number of likely N-dealkylation sites (tertiary alicyclic amines) is 1. The first-order chi connectivity index (χ1) is 7.90. The van der Waals surface area contributed by atoms with Crippen molar-refractivity contribution in [1.29, 1.82) is 0 Å². The van der Waals surface area contributed by atoms with E-state index in [2.05, 4.69) is 28.6 Å². The van der Waals surface area contributed by atoms with Gasteiger partial charge in [-0.1, -0.05) is 13.3 Å². The number of hydrogen-bond acceptors (Lipinski definition) is 3. The fourth-order valence-corrected chi connectivity index (χ4v) is 3.13. The summed E-state index contributed by atoms with van der Waals surface area (Å²) in [4.78, 5) is 4.12. The average Bonchev–Trinajstić information content (AvgIpc) is 2.75. The monoisotopic (exact) mass is 238 g/mol. The van der Waals surface area contributed by atoms with Crippen molar-refractivity contribution in [2.24, 2.45) is 0 Å². The van der Waals surface area contributed by atoms with Gasteiger partial charge in [0.05, 0.1) is 0 Å². The maximum atomic E-state index is 3.42. The number of nitrogens with zero attached hydrogens (tertiary/aromatic N) is 1. The first-order valence-corrected chi connectivity index (χ1v) is 7.26. The zero-order valence-corrected chi connectivity index (χ0v) is 11.0. The summed E-state index contributed by atoms with van der Waals surface area (Å²) in [6.07, 6.45) is 4.18. The Morgan fingerprint density at radius 2 is 2.12 bits per heavy atom. The Kier molecular flexibility index (Phi) is 4.82. The van der Waals surface area contributed by atoms with E-state index in [9.17, 15) is 0 Å². The highest BCUT2D eigenvalue weighted by atomic mass is 32.1. The summed E-state index contributed by atoms with van der Waals surface area (Å²) in [5.41, 5.74) is 1.54. The SMILES string of the molecule is CCNCc1sccc1CN1CCCCC1. The van der Waals surface area contributed by atoms with Crippen LogP contribution in [0.3, 0.4) is 0 Å². The Labute approximate surface area is 103 Å². The van der Waals surface area contributed by atoms with Gasteiger partial charge in [-0.15, -0.1) is 11.3 Å². The lowest BCUT2D eigenvalue weighted by molar-refractivity contribution is 0.220. The molecule has 0 spiro atoms. The molecule has 1 N–H and O–H groups in total. The minimum Gasteiger partial charge on any atom is -0.312 e. The molecule has 0 aliphatic carbocycles. The van der Waals surface area contributed by atoms with Gasteiger partial charge in [0.25, 0.3) is 0 Å². The molecule has 0 unspecified atom stereocenters. The third-order valence-corrected chi connectivity index (χ3v) is 4.18. The van der Waals surface area contributed by atoms with Gasteiger partial charge >= 0.3 is 0 Å². The summed E-state index contributed by atoms with van der Waals surface area (Å²) >= 11 is 1.89. The molecular weight excluding hydrogens is 216 g/mol. The van der Waals surface area contributed by atoms with Gasteiger partial charge in [-0.05, 0) is 49.5 Å². The zero-order chi connectivity index (χ0) is 11.2. The van der Waals surface area contributed by atoms with Gasteiger partial charge < -0.3 is 5.32 Å². The lowest BCUT2D eigenvalue weighted by Crippen LogP contribution is -2.29. The van der Waals surface area contributed by atoms with E-state index in [0.717, 1.165) is 19.6 Å². The van der Waals surface area contributed by atoms with Crippen LogP contribution in [0.2, 0.25) is 0 Å². The summed E-state index contributed by atoms with van der Waals surface area (Å²) < 4.78 is 0. The maximum Gasteiger partial charge on any atom is 0.0302 e. The summed E-state index contributed by atoms with van der Waals surface area (Å²) in [6, 6.07) is 2.30. The minimum absolute atomic E-state index is 1.04. The second-order valence-corrected chi connectivity index (χ2v) is 5.49. The molecule has 2 heterocycles. The number of thiophene rings is 1. The first kappa shape index (κ1) is 12.1. The molecule has 1 aliphatic heterocycles. The van der Waals surface area contributed by atoms with Gasteiger partial charge in [0, 0.05) is 18.0 Å². The van der Waals surface area contributed by atoms with Gasteiger partial charge in [-0.25, -0.2) is 0 Å². The summed E-state index contributed by atoms with van der Waals surface area (Å²) in [5, 5.41) is 5.65. The molecule has 3 heteroatoms. The predicted octanol–water partition coefficient (Wildman–Crippen LogP) is 2.84. The molecule has 2 nitrogen and oxygen atoms in total. The predicted molar refractivity (Wildman–Crippen MR) is 70.8 cm³/mol. The van der Waals surface area contributed by atoms with Gasteiger partial charge in [0.1, 0.15) is 0 Å². The lowest BCUT2D eigenvalue weighted by Gasteiger charge is -2.26. The molecule has 0 atom stereocenters. The number of piperidine rings is 1. The molecular formula is C13H22N2S. The van der Waals surface area contributed by atoms with Crippen LogP contribution in [0.25, 0.3) is 0 Å². The van der Waals surface area contributed by atoms with Crippen molar-refractivity contribution in [2.75, 3.05) is 19.6 Å². The molecule has 1 aromatic rings. The molecule has 1 aliphatic rings. The van der Waals surface area contributed by atoms with Crippen molar-refractivity contribution < 1.29 is 0 Å². The molecule has 16 heavy (non-hydrogen) atoms. The van der Waals surface area contributed by atoms with E-state index in [4.69, 9.17) is 0 Å². The Bertz CT molecular complexity index is 303. The van der Waals surface area contributed by atoms with Crippen LogP contribution in [0, 0.1) is 0 Å². The molecule has 2 rings (SSSR count). The summed E-state index contributed by atoms with van der Waals surface area (Å²) in [6.45, 7) is 7.99. The summed E-state index contributed by atoms with van der Waals surface area (Å²) in [5.74, 6) is 0. The average molecular weight is 238 g/mol. The van der Waals surface area contributed by atoms with E-state index in [1.54, 1.807) is 0 Å². The smallest absolute Gasteiger partial charge is 0.0302 e. The Balaban J connectivity index is 1.89. The second kappa shape index (κ2) is 6.38. The number of rotatable bonds is 5. The van der Waals surface area contributed by atoms with E-state index < -0.39 is 0 Å². The van der Waals surface area contributed by atoms with E-state index >= 15 is 0 Å². The summed E-state index contributed by atoms with van der Waals surface area (Å²) in [7, 11) is 0. The third-order valence-electron chi connectivity index (χ3n) is 3.22. The first-order valence-electron chi connectivity index (χ1n) is 6.38. The van der Waals surface area contributed by atoms with Crippen LogP contribution in [-0.4, -0.2) is 24.5 Å². The van der Waals surface area contributed by atoms with Crippen molar-refractivity contribution in [3.05, 3.63) is 21.9 Å². The van der Waals surface area contributed by atoms with Gasteiger partial charge in [0.2, 0.25) is 0 Å². The lowest BCUT2D eigenvalue weighted by atomic mass is 10.1. The molecule has 1 saturated heterocycles. The zero-order valence-electron chi connectivity index (χ0n) is 10.2. The molecule has 0 bridgehead atoms. The van der Waals surface area contributed by atoms with Crippen molar-refractivity contribution in [3.8, 4) is 0 Å². The molecule has 0 radical (unpaired) electrons. The molecule has 1 aromatic heterocycles. The Morgan fingerprint density at radius 1 is 1.31 bits per heavy atom. The quantitative estimate of drug-likeness (QED) is 0.848. The van der Waals surface area contributed by atoms with Gasteiger partial charge in [0.15, 0.2) is 0 Å². The molecule has 1 fully saturated rings. The minimum atomic E-state index is 1.04. The Hall–Kier alpha value is -0.380. The Morgan fingerprint density at radius 3 is 2.88 bits per heavy atom. The van der Waals surface area contributed by atoms with E-state index in [-0.39, 0.29) is 0 Å². The van der Waals surface area contributed by atoms with Crippen LogP contribution in [0.1, 0.15) is 36.6 Å². The highest BCUT2D eigenvalue weighted by Crippen LogP contribution is 2.20. The van der Waals surface area contributed by atoms with Crippen LogP contribution in [-0.2, 0) is 13.1 Å². The standard InChI is InChI=1S/C13H22N2S/c1-2-14-10-13-12(6-9-16-13)11-15-7-4-3-5-8-15/h6,9,14H,2-5,7-8,10-11H2,1H3. The normalized spacial score (nSPS) is 17.8. The van der Waals surface area contributed by atoms with Crippen LogP contribution in [0.15, 0.2) is 11.4 Å². The van der Waals surface area contributed by atoms with E-state index in [0.29, 0.717) is 0 Å². The maximum absolute atomic E-state index is 3.42. The van der Waals surface area contributed by atoms with Crippen LogP contribution in [0.5, 0.6) is 0 Å². The van der Waals surface area contributed by atoms with Crippen molar-refractivity contribution in [1.82, 2.24) is 10.2 Å². The molecule has 0 aromatic carbocycles. The van der Waals surface area contributed by atoms with E-state index in [1.165, 1.54) is 42.8 Å². The highest BCUT2D eigenvalue weighted by Gasteiger charge is 2.12. The fraction of sp³-hybridized carbons (Fsp3) is 0.692. The largest absolute Gasteiger partial charge is 0.312 e. The van der Waals surface area contributed by atoms with E-state index in [1.807, 2.05) is 11.3 Å². The van der Waals surface area contributed by atoms with Gasteiger partial charge in [-0.2, -0.15) is 0 Å². The van der Waals surface area contributed by atoms with Crippen LogP contribution < -0.4 is 5.32 Å². The molecule has 0 saturated carbocycles. The molecule has 90 valence electrons. The number of hydrogen-bond donors (Lipinski definition) is 1. The van der Waals surface area contributed by atoms with Crippen LogP contribution >= 0.6 is 11.3 Å². The van der Waals surface area contributed by atoms with Crippen molar-refractivity contribution >= 4 is 11.3 Å². The topological polar surface area (TPSA) is 15.3 Å². The third kappa shape index (κ3) is 3.30. The highest BCUT2D eigenvalue weighted by molar-refractivity contribution is 7.10. The number of nitrogens with one attached hydrogen (secondary N) is 1.